The number of amides is 1. The largest absolute Gasteiger partial charge is 0.401 e. The fourth-order valence-electron chi connectivity index (χ4n) is 4.25. The molecule has 0 aliphatic heterocycles. The molecule has 210 valence electrons. The quantitative estimate of drug-likeness (QED) is 0.252. The van der Waals surface area contributed by atoms with Crippen LogP contribution in [0.2, 0.25) is 0 Å². The molecule has 10 nitrogen and oxygen atoms in total. The number of halogens is 4. The Morgan fingerprint density at radius 1 is 1.20 bits per heavy atom. The van der Waals surface area contributed by atoms with Gasteiger partial charge in [-0.15, -0.1) is 0 Å². The van der Waals surface area contributed by atoms with Crippen molar-refractivity contribution in [3.63, 3.8) is 0 Å². The molecule has 1 saturated carbocycles. The van der Waals surface area contributed by atoms with Gasteiger partial charge in [0, 0.05) is 30.2 Å². The SMILES string of the molecule is Cc1nn(C[C@@H](C)O)cc1Nc1ncc(-c2ccc(CC(=O)Nc3cc(C4(C(F)(F)F)CC4)on3)c(F)c2)cn1. The summed E-state index contributed by atoms with van der Waals surface area (Å²) in [5, 5.41) is 22.8. The molecular weight excluding hydrogens is 534 g/mol. The monoisotopic (exact) mass is 559 g/mol. The lowest BCUT2D eigenvalue weighted by molar-refractivity contribution is -0.165. The highest BCUT2D eigenvalue weighted by Crippen LogP contribution is 2.59. The highest BCUT2D eigenvalue weighted by molar-refractivity contribution is 5.91. The van der Waals surface area contributed by atoms with Crippen molar-refractivity contribution < 1.29 is 32.0 Å². The third-order valence-corrected chi connectivity index (χ3v) is 6.58. The molecule has 1 aliphatic rings. The number of carbonyl (C=O) groups excluding carboxylic acids is 1. The van der Waals surface area contributed by atoms with Crippen LogP contribution in [0.1, 0.15) is 36.8 Å². The summed E-state index contributed by atoms with van der Waals surface area (Å²) < 4.78 is 61.0. The summed E-state index contributed by atoms with van der Waals surface area (Å²) in [6.07, 6.45) is -0.814. The predicted octanol–water partition coefficient (Wildman–Crippen LogP) is 4.68. The van der Waals surface area contributed by atoms with Gasteiger partial charge in [-0.3, -0.25) is 9.48 Å². The Hall–Kier alpha value is -4.33. The third kappa shape index (κ3) is 5.66. The second kappa shape index (κ2) is 10.3. The maximum absolute atomic E-state index is 14.8. The molecule has 40 heavy (non-hydrogen) atoms. The number of benzene rings is 1. The van der Waals surface area contributed by atoms with Gasteiger partial charge in [-0.05, 0) is 43.9 Å². The molecular formula is C26H25F4N7O3. The van der Waals surface area contributed by atoms with Gasteiger partial charge >= 0.3 is 6.18 Å². The normalized spacial score (nSPS) is 15.1. The number of aliphatic hydroxyl groups excluding tert-OH is 1. The highest BCUT2D eigenvalue weighted by Gasteiger charge is 2.66. The van der Waals surface area contributed by atoms with E-state index in [0.29, 0.717) is 35.0 Å². The second-order valence-electron chi connectivity index (χ2n) is 9.81. The topological polar surface area (TPSA) is 131 Å². The molecule has 0 spiro atoms. The van der Waals surface area contributed by atoms with Gasteiger partial charge in [-0.1, -0.05) is 17.3 Å². The molecule has 1 aliphatic carbocycles. The summed E-state index contributed by atoms with van der Waals surface area (Å²) in [5.74, 6) is -1.52. The van der Waals surface area contributed by atoms with Crippen molar-refractivity contribution in [3.05, 3.63) is 65.7 Å². The predicted molar refractivity (Wildman–Crippen MR) is 135 cm³/mol. The zero-order valence-corrected chi connectivity index (χ0v) is 21.5. The fourth-order valence-corrected chi connectivity index (χ4v) is 4.25. The maximum atomic E-state index is 14.8. The minimum absolute atomic E-state index is 0.0859. The summed E-state index contributed by atoms with van der Waals surface area (Å²) in [5.41, 5.74) is 0.434. The van der Waals surface area contributed by atoms with Gasteiger partial charge in [0.15, 0.2) is 11.6 Å². The molecule has 3 heterocycles. The van der Waals surface area contributed by atoms with Crippen LogP contribution in [0.15, 0.2) is 47.4 Å². The van der Waals surface area contributed by atoms with Gasteiger partial charge in [0.05, 0.1) is 30.5 Å². The maximum Gasteiger partial charge on any atom is 0.401 e. The summed E-state index contributed by atoms with van der Waals surface area (Å²) in [6.45, 7) is 3.81. The lowest BCUT2D eigenvalue weighted by Crippen LogP contribution is -2.28. The van der Waals surface area contributed by atoms with Gasteiger partial charge in [-0.25, -0.2) is 14.4 Å². The number of nitrogens with zero attached hydrogens (tertiary/aromatic N) is 5. The van der Waals surface area contributed by atoms with Crippen molar-refractivity contribution >= 4 is 23.4 Å². The molecule has 0 unspecified atom stereocenters. The van der Waals surface area contributed by atoms with Crippen LogP contribution < -0.4 is 10.6 Å². The van der Waals surface area contributed by atoms with E-state index in [9.17, 15) is 27.5 Å². The molecule has 3 N–H and O–H groups in total. The minimum Gasteiger partial charge on any atom is -0.391 e. The number of anilines is 3. The van der Waals surface area contributed by atoms with Crippen molar-refractivity contribution in [1.82, 2.24) is 24.9 Å². The number of rotatable bonds is 9. The first-order valence-electron chi connectivity index (χ1n) is 12.4. The number of aliphatic hydroxyl groups is 1. The number of hydrogen-bond donors (Lipinski definition) is 3. The zero-order valence-electron chi connectivity index (χ0n) is 21.5. The first-order chi connectivity index (χ1) is 18.9. The van der Waals surface area contributed by atoms with Gasteiger partial charge in [-0.2, -0.15) is 18.3 Å². The molecule has 1 atom stereocenters. The van der Waals surface area contributed by atoms with Crippen molar-refractivity contribution in [1.29, 1.82) is 0 Å². The van der Waals surface area contributed by atoms with Crippen molar-refractivity contribution in [2.75, 3.05) is 10.6 Å². The van der Waals surface area contributed by atoms with Crippen LogP contribution >= 0.6 is 0 Å². The zero-order chi connectivity index (χ0) is 28.7. The molecule has 3 aromatic heterocycles. The number of carbonyl (C=O) groups is 1. The summed E-state index contributed by atoms with van der Waals surface area (Å²) in [4.78, 5) is 20.9. The Bertz CT molecular complexity index is 1530. The van der Waals surface area contributed by atoms with E-state index in [-0.39, 0.29) is 36.4 Å². The minimum atomic E-state index is -4.47. The highest BCUT2D eigenvalue weighted by atomic mass is 19.4. The number of alkyl halides is 3. The molecule has 1 fully saturated rings. The third-order valence-electron chi connectivity index (χ3n) is 6.58. The van der Waals surface area contributed by atoms with E-state index in [4.69, 9.17) is 4.52 Å². The number of hydrogen-bond acceptors (Lipinski definition) is 8. The first kappa shape index (κ1) is 27.2. The Morgan fingerprint density at radius 3 is 2.55 bits per heavy atom. The van der Waals surface area contributed by atoms with E-state index in [0.717, 1.165) is 6.07 Å². The Labute approximate surface area is 225 Å². The number of aromatic nitrogens is 5. The van der Waals surface area contributed by atoms with E-state index in [2.05, 4.69) is 30.9 Å². The van der Waals surface area contributed by atoms with E-state index >= 15 is 0 Å². The molecule has 0 bridgehead atoms. The number of aryl methyl sites for hydroxylation is 1. The molecule has 4 aromatic rings. The van der Waals surface area contributed by atoms with Crippen LogP contribution in [0.4, 0.5) is 35.0 Å². The van der Waals surface area contributed by atoms with Crippen LogP contribution in [0.25, 0.3) is 11.1 Å². The molecule has 0 saturated heterocycles. The van der Waals surface area contributed by atoms with Gasteiger partial charge in [0.25, 0.3) is 0 Å². The summed E-state index contributed by atoms with van der Waals surface area (Å²) >= 11 is 0. The van der Waals surface area contributed by atoms with Crippen LogP contribution in [-0.4, -0.2) is 48.2 Å². The van der Waals surface area contributed by atoms with Crippen LogP contribution in [0.3, 0.4) is 0 Å². The lowest BCUT2D eigenvalue weighted by Gasteiger charge is -2.14. The van der Waals surface area contributed by atoms with Crippen LogP contribution in [0.5, 0.6) is 0 Å². The average molecular weight is 560 g/mol. The second-order valence-corrected chi connectivity index (χ2v) is 9.81. The van der Waals surface area contributed by atoms with Crippen LogP contribution in [-0.2, 0) is 23.2 Å². The average Bonchev–Trinajstić information content (AvgIpc) is 3.47. The summed E-state index contributed by atoms with van der Waals surface area (Å²) in [7, 11) is 0. The van der Waals surface area contributed by atoms with Crippen molar-refractivity contribution in [2.45, 2.75) is 57.3 Å². The Kier molecular flexibility index (Phi) is 7.04. The fraction of sp³-hybridized carbons (Fsp3) is 0.346. The van der Waals surface area contributed by atoms with Crippen molar-refractivity contribution in [3.8, 4) is 11.1 Å². The molecule has 14 heteroatoms. The van der Waals surface area contributed by atoms with Crippen molar-refractivity contribution in [2.24, 2.45) is 0 Å². The van der Waals surface area contributed by atoms with Gasteiger partial charge < -0.3 is 20.3 Å². The lowest BCUT2D eigenvalue weighted by atomic mass is 10.0. The van der Waals surface area contributed by atoms with E-state index < -0.39 is 29.4 Å². The summed E-state index contributed by atoms with van der Waals surface area (Å²) in [6, 6.07) is 5.34. The van der Waals surface area contributed by atoms with E-state index in [1.807, 2.05) is 0 Å². The molecule has 5 rings (SSSR count). The molecule has 0 radical (unpaired) electrons. The molecule has 1 aromatic carbocycles. The van der Waals surface area contributed by atoms with Gasteiger partial charge in [0.1, 0.15) is 11.2 Å². The van der Waals surface area contributed by atoms with Crippen LogP contribution in [0, 0.1) is 12.7 Å². The first-order valence-corrected chi connectivity index (χ1v) is 12.4. The Balaban J connectivity index is 1.20. The van der Waals surface area contributed by atoms with Gasteiger partial charge in [0.2, 0.25) is 11.9 Å². The van der Waals surface area contributed by atoms with E-state index in [1.54, 1.807) is 30.8 Å². The standard InChI is InChI=1S/C26H25F4N7O3/c1-14(38)12-37-13-20(15(2)35-37)33-24-31-10-18(11-32-24)16-3-4-17(19(27)7-16)8-23(39)34-22-9-21(40-36-22)25(5-6-25)26(28,29)30/h3-4,7,9-11,13-14,38H,5-6,8,12H2,1-2H3,(H,31,32,33)(H,34,36,39)/t14-/m1/s1. The Morgan fingerprint density at radius 2 is 1.93 bits per heavy atom. The van der Waals surface area contributed by atoms with E-state index in [1.165, 1.54) is 24.5 Å². The smallest absolute Gasteiger partial charge is 0.391 e. The molecule has 1 amide bonds. The number of nitrogens with one attached hydrogen (secondary N) is 2.